The molecule has 1 aliphatic rings. The van der Waals surface area contributed by atoms with Crippen molar-refractivity contribution in [1.82, 2.24) is 14.7 Å². The van der Waals surface area contributed by atoms with Gasteiger partial charge < -0.3 is 4.90 Å². The Kier molecular flexibility index (Phi) is 4.22. The summed E-state index contributed by atoms with van der Waals surface area (Å²) >= 11 is 0. The highest BCUT2D eigenvalue weighted by atomic mass is 19.1. The Bertz CT molecular complexity index is 806. The van der Waals surface area contributed by atoms with Gasteiger partial charge in [0, 0.05) is 24.7 Å². The molecule has 3 rings (SSSR count). The van der Waals surface area contributed by atoms with Crippen molar-refractivity contribution in [3.63, 3.8) is 0 Å². The van der Waals surface area contributed by atoms with Crippen LogP contribution in [0.2, 0.25) is 0 Å². The van der Waals surface area contributed by atoms with Gasteiger partial charge in [-0.3, -0.25) is 9.59 Å². The third kappa shape index (κ3) is 2.96. The van der Waals surface area contributed by atoms with Gasteiger partial charge in [-0.05, 0) is 57.0 Å². The third-order valence-corrected chi connectivity index (χ3v) is 4.39. The summed E-state index contributed by atoms with van der Waals surface area (Å²) in [5.41, 5.74) is -0.192. The number of amides is 1. The normalized spacial score (nSPS) is 14.9. The Morgan fingerprint density at radius 1 is 1.08 bits per heavy atom. The molecule has 1 aromatic heterocycles. The Hall–Kier alpha value is -2.50. The first-order valence-corrected chi connectivity index (χ1v) is 8.06. The second-order valence-corrected chi connectivity index (χ2v) is 6.53. The van der Waals surface area contributed by atoms with Crippen LogP contribution >= 0.6 is 0 Å². The van der Waals surface area contributed by atoms with Crippen molar-refractivity contribution < 1.29 is 9.18 Å². The minimum absolute atomic E-state index is 0.106. The van der Waals surface area contributed by atoms with Crippen LogP contribution in [0, 0.1) is 5.82 Å². The SMILES string of the molecule is CC(C)(C(=O)N1CCCC1)n1nc(-c2ccc(F)cc2)ccc1=O. The average molecular weight is 329 g/mol. The van der Waals surface area contributed by atoms with E-state index in [-0.39, 0.29) is 17.3 Å². The van der Waals surface area contributed by atoms with Crippen LogP contribution in [0.25, 0.3) is 11.3 Å². The molecule has 1 fully saturated rings. The Labute approximate surface area is 139 Å². The van der Waals surface area contributed by atoms with Gasteiger partial charge in [-0.15, -0.1) is 0 Å². The fourth-order valence-electron chi connectivity index (χ4n) is 2.98. The van der Waals surface area contributed by atoms with Crippen LogP contribution < -0.4 is 5.56 Å². The number of rotatable bonds is 3. The lowest BCUT2D eigenvalue weighted by Gasteiger charge is -2.30. The first kappa shape index (κ1) is 16.4. The van der Waals surface area contributed by atoms with Gasteiger partial charge in [0.25, 0.3) is 5.56 Å². The van der Waals surface area contributed by atoms with Crippen LogP contribution in [-0.4, -0.2) is 33.7 Å². The Morgan fingerprint density at radius 2 is 1.71 bits per heavy atom. The summed E-state index contributed by atoms with van der Waals surface area (Å²) in [7, 11) is 0. The number of halogens is 1. The number of likely N-dealkylation sites (tertiary alicyclic amines) is 1. The molecule has 0 saturated carbocycles. The number of carbonyl (C=O) groups is 1. The summed E-state index contributed by atoms with van der Waals surface area (Å²) in [6.45, 7) is 4.84. The quantitative estimate of drug-likeness (QED) is 0.869. The van der Waals surface area contributed by atoms with Crippen LogP contribution in [0.1, 0.15) is 26.7 Å². The summed E-state index contributed by atoms with van der Waals surface area (Å²) < 4.78 is 14.3. The van der Waals surface area contributed by atoms with E-state index in [0.717, 1.165) is 12.8 Å². The number of aromatic nitrogens is 2. The maximum absolute atomic E-state index is 13.1. The summed E-state index contributed by atoms with van der Waals surface area (Å²) in [6.07, 6.45) is 1.97. The average Bonchev–Trinajstić information content (AvgIpc) is 3.09. The third-order valence-electron chi connectivity index (χ3n) is 4.39. The zero-order valence-electron chi connectivity index (χ0n) is 13.8. The van der Waals surface area contributed by atoms with Gasteiger partial charge in [0.1, 0.15) is 11.4 Å². The first-order chi connectivity index (χ1) is 11.4. The molecule has 1 aliphatic heterocycles. The summed E-state index contributed by atoms with van der Waals surface area (Å²) in [5.74, 6) is -0.442. The summed E-state index contributed by atoms with van der Waals surface area (Å²) in [6, 6.07) is 8.86. The maximum Gasteiger partial charge on any atom is 0.267 e. The molecule has 0 radical (unpaired) electrons. The lowest BCUT2D eigenvalue weighted by atomic mass is 10.0. The van der Waals surface area contributed by atoms with Crippen molar-refractivity contribution in [3.8, 4) is 11.3 Å². The van der Waals surface area contributed by atoms with Gasteiger partial charge >= 0.3 is 0 Å². The van der Waals surface area contributed by atoms with Crippen molar-refractivity contribution in [3.05, 3.63) is 52.6 Å². The van der Waals surface area contributed by atoms with Crippen molar-refractivity contribution in [1.29, 1.82) is 0 Å². The molecule has 0 N–H and O–H groups in total. The highest BCUT2D eigenvalue weighted by Gasteiger charge is 2.36. The Balaban J connectivity index is 2.00. The van der Waals surface area contributed by atoms with Gasteiger partial charge in [0.2, 0.25) is 5.91 Å². The number of hydrogen-bond donors (Lipinski definition) is 0. The molecule has 126 valence electrons. The second kappa shape index (κ2) is 6.19. The number of nitrogens with zero attached hydrogens (tertiary/aromatic N) is 3. The van der Waals surface area contributed by atoms with Gasteiger partial charge in [-0.2, -0.15) is 5.10 Å². The van der Waals surface area contributed by atoms with Crippen molar-refractivity contribution >= 4 is 5.91 Å². The minimum atomic E-state index is -1.07. The molecule has 2 heterocycles. The molecule has 0 spiro atoms. The van der Waals surface area contributed by atoms with E-state index in [0.29, 0.717) is 24.3 Å². The standard InChI is InChI=1S/C18H20FN3O2/c1-18(2,17(24)21-11-3-4-12-21)22-16(23)10-9-15(20-22)13-5-7-14(19)8-6-13/h5-10H,3-4,11-12H2,1-2H3. The monoisotopic (exact) mass is 329 g/mol. The van der Waals surface area contributed by atoms with Crippen molar-refractivity contribution in [2.45, 2.75) is 32.2 Å². The molecule has 1 amide bonds. The van der Waals surface area contributed by atoms with Crippen molar-refractivity contribution in [2.24, 2.45) is 0 Å². The highest BCUT2D eigenvalue weighted by molar-refractivity contribution is 5.83. The van der Waals surface area contributed by atoms with Crippen LogP contribution in [0.4, 0.5) is 4.39 Å². The van der Waals surface area contributed by atoms with E-state index in [1.54, 1.807) is 36.9 Å². The predicted molar refractivity (Wildman–Crippen MR) is 89.0 cm³/mol. The van der Waals surface area contributed by atoms with Gasteiger partial charge in [0.05, 0.1) is 5.69 Å². The topological polar surface area (TPSA) is 55.2 Å². The fraction of sp³-hybridized carbons (Fsp3) is 0.389. The predicted octanol–water partition coefficient (Wildman–Crippen LogP) is 2.41. The first-order valence-electron chi connectivity index (χ1n) is 8.06. The molecule has 1 aromatic carbocycles. The van der Waals surface area contributed by atoms with E-state index >= 15 is 0 Å². The zero-order chi connectivity index (χ0) is 17.3. The van der Waals surface area contributed by atoms with Crippen molar-refractivity contribution in [2.75, 3.05) is 13.1 Å². The Morgan fingerprint density at radius 3 is 2.33 bits per heavy atom. The molecule has 2 aromatic rings. The lowest BCUT2D eigenvalue weighted by molar-refractivity contribution is -0.138. The van der Waals surface area contributed by atoms with Gasteiger partial charge in [-0.25, -0.2) is 9.07 Å². The number of carbonyl (C=O) groups excluding carboxylic acids is 1. The van der Waals surface area contributed by atoms with Crippen LogP contribution in [0.15, 0.2) is 41.2 Å². The smallest absolute Gasteiger partial charge is 0.267 e. The number of benzene rings is 1. The zero-order valence-corrected chi connectivity index (χ0v) is 13.8. The van der Waals surface area contributed by atoms with E-state index in [4.69, 9.17) is 0 Å². The summed E-state index contributed by atoms with van der Waals surface area (Å²) in [4.78, 5) is 26.9. The fourth-order valence-corrected chi connectivity index (χ4v) is 2.98. The molecule has 0 unspecified atom stereocenters. The highest BCUT2D eigenvalue weighted by Crippen LogP contribution is 2.22. The molecular formula is C18H20FN3O2. The van der Waals surface area contributed by atoms with E-state index in [2.05, 4.69) is 5.10 Å². The van der Waals surface area contributed by atoms with Crippen LogP contribution in [0.5, 0.6) is 0 Å². The minimum Gasteiger partial charge on any atom is -0.341 e. The molecule has 5 nitrogen and oxygen atoms in total. The molecule has 1 saturated heterocycles. The molecular weight excluding hydrogens is 309 g/mol. The summed E-state index contributed by atoms with van der Waals surface area (Å²) in [5, 5.41) is 4.37. The maximum atomic E-state index is 13.1. The van der Waals surface area contributed by atoms with Crippen LogP contribution in [0.3, 0.4) is 0 Å². The lowest BCUT2D eigenvalue weighted by Crippen LogP contribution is -2.50. The van der Waals surface area contributed by atoms with Gasteiger partial charge in [0.15, 0.2) is 0 Å². The van der Waals surface area contributed by atoms with Gasteiger partial charge in [-0.1, -0.05) is 0 Å². The van der Waals surface area contributed by atoms with E-state index in [1.807, 2.05) is 0 Å². The van der Waals surface area contributed by atoms with E-state index in [1.165, 1.54) is 22.9 Å². The number of hydrogen-bond acceptors (Lipinski definition) is 3. The molecule has 6 heteroatoms. The molecule has 0 atom stereocenters. The largest absolute Gasteiger partial charge is 0.341 e. The van der Waals surface area contributed by atoms with E-state index < -0.39 is 5.54 Å². The molecule has 0 aliphatic carbocycles. The second-order valence-electron chi connectivity index (χ2n) is 6.53. The van der Waals surface area contributed by atoms with Crippen LogP contribution in [-0.2, 0) is 10.3 Å². The molecule has 0 bridgehead atoms. The van der Waals surface area contributed by atoms with E-state index in [9.17, 15) is 14.0 Å². The molecule has 24 heavy (non-hydrogen) atoms.